The first-order valence-corrected chi connectivity index (χ1v) is 7.76. The van der Waals surface area contributed by atoms with Crippen LogP contribution in [0.3, 0.4) is 0 Å². The van der Waals surface area contributed by atoms with Crippen LogP contribution in [-0.4, -0.2) is 30.8 Å². The lowest BCUT2D eigenvalue weighted by atomic mass is 10.1. The molecule has 0 spiro atoms. The van der Waals surface area contributed by atoms with Crippen molar-refractivity contribution in [2.75, 3.05) is 7.11 Å². The van der Waals surface area contributed by atoms with Crippen molar-refractivity contribution in [1.29, 1.82) is 0 Å². The minimum atomic E-state index is -1.29. The zero-order valence-electron chi connectivity index (χ0n) is 14.4. The maximum absolute atomic E-state index is 12.0. The summed E-state index contributed by atoms with van der Waals surface area (Å²) in [7, 11) is 1.31. The van der Waals surface area contributed by atoms with E-state index in [2.05, 4.69) is 4.74 Å². The molecule has 3 rings (SSSR count). The van der Waals surface area contributed by atoms with Crippen LogP contribution in [-0.2, 0) is 23.8 Å². The predicted molar refractivity (Wildman–Crippen MR) is 89.7 cm³/mol. The number of hydrogen-bond acceptors (Lipinski definition) is 7. The van der Waals surface area contributed by atoms with Crippen LogP contribution in [0.1, 0.15) is 30.0 Å². The van der Waals surface area contributed by atoms with E-state index in [1.807, 2.05) is 0 Å². The highest BCUT2D eigenvalue weighted by atomic mass is 16.7. The number of furan rings is 1. The summed E-state index contributed by atoms with van der Waals surface area (Å²) in [6, 6.07) is 9.92. The van der Waals surface area contributed by atoms with Gasteiger partial charge in [0.05, 0.1) is 12.7 Å². The largest absolute Gasteiger partial charge is 0.465 e. The van der Waals surface area contributed by atoms with Gasteiger partial charge in [-0.1, -0.05) is 12.1 Å². The van der Waals surface area contributed by atoms with Gasteiger partial charge in [0.2, 0.25) is 0 Å². The first-order valence-electron chi connectivity index (χ1n) is 7.76. The van der Waals surface area contributed by atoms with Gasteiger partial charge in [-0.15, -0.1) is 0 Å². The molecule has 0 amide bonds. The summed E-state index contributed by atoms with van der Waals surface area (Å²) in [6.45, 7) is 2.95. The summed E-state index contributed by atoms with van der Waals surface area (Å²) in [5.74, 6) is -2.47. The van der Waals surface area contributed by atoms with Crippen LogP contribution in [0.25, 0.3) is 17.4 Å². The summed E-state index contributed by atoms with van der Waals surface area (Å²) in [5.41, 5.74) is 0.893. The topological polar surface area (TPSA) is 92.0 Å². The second-order valence-electron chi connectivity index (χ2n) is 6.01. The zero-order chi connectivity index (χ0) is 18.9. The van der Waals surface area contributed by atoms with Crippen LogP contribution in [0, 0.1) is 0 Å². The van der Waals surface area contributed by atoms with E-state index in [0.29, 0.717) is 17.1 Å². The Kier molecular flexibility index (Phi) is 4.38. The van der Waals surface area contributed by atoms with Crippen molar-refractivity contribution in [2.24, 2.45) is 0 Å². The van der Waals surface area contributed by atoms with E-state index in [1.165, 1.54) is 27.0 Å². The van der Waals surface area contributed by atoms with Gasteiger partial charge in [0.15, 0.2) is 0 Å². The van der Waals surface area contributed by atoms with Gasteiger partial charge < -0.3 is 18.6 Å². The van der Waals surface area contributed by atoms with Gasteiger partial charge in [-0.2, -0.15) is 0 Å². The van der Waals surface area contributed by atoms with E-state index < -0.39 is 23.7 Å². The van der Waals surface area contributed by atoms with Crippen molar-refractivity contribution in [3.63, 3.8) is 0 Å². The Balaban J connectivity index is 1.83. The summed E-state index contributed by atoms with van der Waals surface area (Å²) in [6.07, 6.45) is 1.27. The lowest BCUT2D eigenvalue weighted by Gasteiger charge is -2.29. The Morgan fingerprint density at radius 3 is 2.19 bits per heavy atom. The molecule has 26 heavy (non-hydrogen) atoms. The average molecular weight is 356 g/mol. The number of carbonyl (C=O) groups excluding carboxylic acids is 3. The highest BCUT2D eigenvalue weighted by Crippen LogP contribution is 2.27. The highest BCUT2D eigenvalue weighted by molar-refractivity contribution is 6.18. The molecule has 0 unspecified atom stereocenters. The molecular formula is C19H16O7. The van der Waals surface area contributed by atoms with E-state index in [0.717, 1.165) is 5.56 Å². The molecule has 2 aromatic rings. The van der Waals surface area contributed by atoms with Gasteiger partial charge in [-0.05, 0) is 24.3 Å². The molecule has 1 aliphatic rings. The van der Waals surface area contributed by atoms with Crippen molar-refractivity contribution in [3.05, 3.63) is 53.3 Å². The van der Waals surface area contributed by atoms with Gasteiger partial charge >= 0.3 is 17.9 Å². The molecule has 1 fully saturated rings. The van der Waals surface area contributed by atoms with Gasteiger partial charge in [0, 0.05) is 25.5 Å². The second kappa shape index (κ2) is 6.51. The van der Waals surface area contributed by atoms with Gasteiger partial charge in [0.1, 0.15) is 17.1 Å². The molecule has 7 heteroatoms. The van der Waals surface area contributed by atoms with Crippen LogP contribution in [0.5, 0.6) is 0 Å². The monoisotopic (exact) mass is 356 g/mol. The van der Waals surface area contributed by atoms with E-state index in [9.17, 15) is 14.4 Å². The molecule has 0 saturated carbocycles. The number of ether oxygens (including phenoxy) is 3. The molecule has 1 aromatic carbocycles. The molecular weight excluding hydrogens is 340 g/mol. The molecule has 0 aliphatic carbocycles. The number of benzene rings is 1. The van der Waals surface area contributed by atoms with Gasteiger partial charge in [-0.3, -0.25) is 0 Å². The van der Waals surface area contributed by atoms with E-state index >= 15 is 0 Å². The zero-order valence-corrected chi connectivity index (χ0v) is 14.4. The highest BCUT2D eigenvalue weighted by Gasteiger charge is 2.39. The van der Waals surface area contributed by atoms with Crippen LogP contribution in [0.2, 0.25) is 0 Å². The van der Waals surface area contributed by atoms with Crippen molar-refractivity contribution in [3.8, 4) is 11.3 Å². The van der Waals surface area contributed by atoms with E-state index in [-0.39, 0.29) is 5.57 Å². The standard InChI is InChI=1S/C19H16O7/c1-19(2)25-17(21)14(18(22)26-19)10-13-8-9-15(24-13)11-4-6-12(7-5-11)16(20)23-3/h4-10H,1-3H3. The van der Waals surface area contributed by atoms with E-state index in [1.54, 1.807) is 36.4 Å². The third-order valence-electron chi connectivity index (χ3n) is 3.62. The fraction of sp³-hybridized carbons (Fsp3) is 0.211. The summed E-state index contributed by atoms with van der Waals surface area (Å²) in [4.78, 5) is 35.4. The molecule has 0 N–H and O–H groups in total. The molecule has 7 nitrogen and oxygen atoms in total. The molecule has 1 aliphatic heterocycles. The predicted octanol–water partition coefficient (Wildman–Crippen LogP) is 2.95. The smallest absolute Gasteiger partial charge is 0.348 e. The SMILES string of the molecule is COC(=O)c1ccc(-c2ccc(C=C3C(=O)OC(C)(C)OC3=O)o2)cc1. The number of cyclic esters (lactones) is 2. The minimum absolute atomic E-state index is 0.244. The average Bonchev–Trinajstić information content (AvgIpc) is 3.05. The molecule has 0 atom stereocenters. The number of esters is 3. The van der Waals surface area contributed by atoms with Crippen molar-refractivity contribution in [1.82, 2.24) is 0 Å². The third-order valence-corrected chi connectivity index (χ3v) is 3.62. The fourth-order valence-electron chi connectivity index (χ4n) is 2.39. The molecule has 134 valence electrons. The van der Waals surface area contributed by atoms with Gasteiger partial charge in [-0.25, -0.2) is 14.4 Å². The number of hydrogen-bond donors (Lipinski definition) is 0. The molecule has 0 bridgehead atoms. The molecule has 0 radical (unpaired) electrons. The first kappa shape index (κ1) is 17.5. The second-order valence-corrected chi connectivity index (χ2v) is 6.01. The Labute approximate surface area is 149 Å². The summed E-state index contributed by atoms with van der Waals surface area (Å²) >= 11 is 0. The normalized spacial score (nSPS) is 15.9. The van der Waals surface area contributed by atoms with Crippen molar-refractivity contribution in [2.45, 2.75) is 19.6 Å². The Hall–Kier alpha value is -3.35. The number of methoxy groups -OCH3 is 1. The van der Waals surface area contributed by atoms with Crippen LogP contribution < -0.4 is 0 Å². The van der Waals surface area contributed by atoms with Crippen molar-refractivity contribution < 1.29 is 33.0 Å². The number of rotatable bonds is 3. The van der Waals surface area contributed by atoms with Crippen molar-refractivity contribution >= 4 is 24.0 Å². The Morgan fingerprint density at radius 1 is 1.00 bits per heavy atom. The summed E-state index contributed by atoms with van der Waals surface area (Å²) in [5, 5.41) is 0. The van der Waals surface area contributed by atoms with Crippen LogP contribution >= 0.6 is 0 Å². The first-order chi connectivity index (χ1) is 12.3. The third kappa shape index (κ3) is 3.51. The van der Waals surface area contributed by atoms with E-state index in [4.69, 9.17) is 13.9 Å². The lowest BCUT2D eigenvalue weighted by Crippen LogP contribution is -2.41. The van der Waals surface area contributed by atoms with Crippen LogP contribution in [0.4, 0.5) is 0 Å². The Morgan fingerprint density at radius 2 is 1.62 bits per heavy atom. The van der Waals surface area contributed by atoms with Crippen LogP contribution in [0.15, 0.2) is 46.4 Å². The minimum Gasteiger partial charge on any atom is -0.465 e. The maximum atomic E-state index is 12.0. The Bertz CT molecular complexity index is 878. The van der Waals surface area contributed by atoms with Gasteiger partial charge in [0.25, 0.3) is 5.79 Å². The molecule has 1 saturated heterocycles. The number of carbonyl (C=O) groups is 3. The lowest BCUT2D eigenvalue weighted by molar-refractivity contribution is -0.222. The quantitative estimate of drug-likeness (QED) is 0.474. The molecule has 2 heterocycles. The summed E-state index contributed by atoms with van der Waals surface area (Å²) < 4.78 is 20.3. The fourth-order valence-corrected chi connectivity index (χ4v) is 2.39. The molecule has 1 aromatic heterocycles. The maximum Gasteiger partial charge on any atom is 0.348 e.